The minimum atomic E-state index is -4.52. The SMILES string of the molecule is Oc1cnc(C(F)(F)F)cc1-c1ccccc1. The number of alkyl halides is 3. The molecule has 0 bridgehead atoms. The van der Waals surface area contributed by atoms with Gasteiger partial charge in [0, 0.05) is 5.56 Å². The molecular formula is C12H8F3NO. The number of halogens is 3. The van der Waals surface area contributed by atoms with Gasteiger partial charge in [-0.25, -0.2) is 4.98 Å². The van der Waals surface area contributed by atoms with Crippen molar-refractivity contribution in [2.24, 2.45) is 0 Å². The van der Waals surface area contributed by atoms with Crippen LogP contribution in [0.2, 0.25) is 0 Å². The Bertz CT molecular complexity index is 523. The Balaban J connectivity index is 2.55. The molecule has 2 rings (SSSR count). The number of aromatic hydroxyl groups is 1. The van der Waals surface area contributed by atoms with E-state index in [1.165, 1.54) is 0 Å². The summed E-state index contributed by atoms with van der Waals surface area (Å²) in [5, 5.41) is 9.52. The van der Waals surface area contributed by atoms with Crippen molar-refractivity contribution in [3.8, 4) is 16.9 Å². The molecule has 88 valence electrons. The molecule has 0 amide bonds. The van der Waals surface area contributed by atoms with Crippen molar-refractivity contribution in [1.29, 1.82) is 0 Å². The zero-order valence-corrected chi connectivity index (χ0v) is 8.57. The Morgan fingerprint density at radius 2 is 1.71 bits per heavy atom. The normalized spacial score (nSPS) is 11.5. The predicted octanol–water partition coefficient (Wildman–Crippen LogP) is 3.47. The Labute approximate surface area is 95.4 Å². The van der Waals surface area contributed by atoms with Gasteiger partial charge in [0.1, 0.15) is 11.4 Å². The maximum Gasteiger partial charge on any atom is 0.433 e. The highest BCUT2D eigenvalue weighted by Gasteiger charge is 2.33. The topological polar surface area (TPSA) is 33.1 Å². The molecule has 5 heteroatoms. The maximum absolute atomic E-state index is 12.5. The number of pyridine rings is 1. The lowest BCUT2D eigenvalue weighted by molar-refractivity contribution is -0.141. The van der Waals surface area contributed by atoms with Gasteiger partial charge >= 0.3 is 6.18 Å². The van der Waals surface area contributed by atoms with Crippen molar-refractivity contribution in [2.75, 3.05) is 0 Å². The van der Waals surface area contributed by atoms with Crippen molar-refractivity contribution in [3.63, 3.8) is 0 Å². The number of hydrogen-bond acceptors (Lipinski definition) is 2. The second-order valence-electron chi connectivity index (χ2n) is 3.45. The molecule has 2 aromatic rings. The number of nitrogens with zero attached hydrogens (tertiary/aromatic N) is 1. The molecule has 0 aliphatic heterocycles. The van der Waals surface area contributed by atoms with E-state index in [2.05, 4.69) is 4.98 Å². The average molecular weight is 239 g/mol. The molecule has 2 nitrogen and oxygen atoms in total. The highest BCUT2D eigenvalue weighted by Crippen LogP contribution is 2.34. The van der Waals surface area contributed by atoms with Crippen LogP contribution in [0.4, 0.5) is 13.2 Å². The minimum absolute atomic E-state index is 0.118. The highest BCUT2D eigenvalue weighted by atomic mass is 19.4. The van der Waals surface area contributed by atoms with Gasteiger partial charge in [-0.3, -0.25) is 0 Å². The Morgan fingerprint density at radius 1 is 1.06 bits per heavy atom. The standard InChI is InChI=1S/C12H8F3NO/c13-12(14,15)11-6-9(10(17)7-16-11)8-4-2-1-3-5-8/h1-7,17H. The summed E-state index contributed by atoms with van der Waals surface area (Å²) >= 11 is 0. The predicted molar refractivity (Wildman–Crippen MR) is 56.3 cm³/mol. The van der Waals surface area contributed by atoms with E-state index in [4.69, 9.17) is 0 Å². The summed E-state index contributed by atoms with van der Waals surface area (Å²) in [7, 11) is 0. The van der Waals surface area contributed by atoms with Crippen LogP contribution in [0.1, 0.15) is 5.69 Å². The zero-order valence-electron chi connectivity index (χ0n) is 8.57. The Kier molecular flexibility index (Phi) is 2.75. The smallest absolute Gasteiger partial charge is 0.433 e. The zero-order chi connectivity index (χ0) is 12.5. The van der Waals surface area contributed by atoms with Crippen molar-refractivity contribution < 1.29 is 18.3 Å². The molecule has 0 atom stereocenters. The molecular weight excluding hydrogens is 231 g/mol. The van der Waals surface area contributed by atoms with Gasteiger partial charge in [0.15, 0.2) is 0 Å². The molecule has 0 saturated carbocycles. The van der Waals surface area contributed by atoms with Crippen LogP contribution in [-0.2, 0) is 6.18 Å². The third kappa shape index (κ3) is 2.38. The van der Waals surface area contributed by atoms with Gasteiger partial charge in [-0.15, -0.1) is 0 Å². The first kappa shape index (κ1) is 11.4. The van der Waals surface area contributed by atoms with Crippen LogP contribution >= 0.6 is 0 Å². The van der Waals surface area contributed by atoms with Crippen LogP contribution in [0.25, 0.3) is 11.1 Å². The highest BCUT2D eigenvalue weighted by molar-refractivity contribution is 5.69. The van der Waals surface area contributed by atoms with Gasteiger partial charge in [0.2, 0.25) is 0 Å². The van der Waals surface area contributed by atoms with E-state index in [-0.39, 0.29) is 11.3 Å². The number of aromatic nitrogens is 1. The van der Waals surface area contributed by atoms with E-state index in [1.807, 2.05) is 0 Å². The van der Waals surface area contributed by atoms with E-state index < -0.39 is 11.9 Å². The fourth-order valence-electron chi connectivity index (χ4n) is 1.45. The summed E-state index contributed by atoms with van der Waals surface area (Å²) in [5.41, 5.74) is -0.389. The maximum atomic E-state index is 12.5. The average Bonchev–Trinajstić information content (AvgIpc) is 2.29. The molecule has 0 unspecified atom stereocenters. The van der Waals surface area contributed by atoms with Crippen molar-refractivity contribution in [1.82, 2.24) is 4.98 Å². The molecule has 1 aromatic carbocycles. The lowest BCUT2D eigenvalue weighted by Gasteiger charge is -2.09. The molecule has 1 N–H and O–H groups in total. The van der Waals surface area contributed by atoms with E-state index in [0.29, 0.717) is 5.56 Å². The number of rotatable bonds is 1. The molecule has 0 fully saturated rings. The van der Waals surface area contributed by atoms with E-state index >= 15 is 0 Å². The van der Waals surface area contributed by atoms with E-state index in [1.54, 1.807) is 30.3 Å². The molecule has 0 aliphatic rings. The quantitative estimate of drug-likeness (QED) is 0.826. The Hall–Kier alpha value is -2.04. The van der Waals surface area contributed by atoms with E-state index in [9.17, 15) is 18.3 Å². The first-order chi connectivity index (χ1) is 7.98. The first-order valence-electron chi connectivity index (χ1n) is 4.80. The summed E-state index contributed by atoms with van der Waals surface area (Å²) in [4.78, 5) is 3.16. The van der Waals surface area contributed by atoms with E-state index in [0.717, 1.165) is 12.3 Å². The van der Waals surface area contributed by atoms with Crippen LogP contribution < -0.4 is 0 Å². The van der Waals surface area contributed by atoms with Crippen LogP contribution in [0.5, 0.6) is 5.75 Å². The summed E-state index contributed by atoms with van der Waals surface area (Å²) in [6.45, 7) is 0. The number of benzene rings is 1. The molecule has 0 aliphatic carbocycles. The van der Waals surface area contributed by atoms with Crippen LogP contribution in [0.3, 0.4) is 0 Å². The van der Waals surface area contributed by atoms with Gasteiger partial charge in [-0.2, -0.15) is 13.2 Å². The largest absolute Gasteiger partial charge is 0.506 e. The second-order valence-corrected chi connectivity index (χ2v) is 3.45. The minimum Gasteiger partial charge on any atom is -0.506 e. The van der Waals surface area contributed by atoms with Crippen LogP contribution in [0.15, 0.2) is 42.6 Å². The lowest BCUT2D eigenvalue weighted by atomic mass is 10.1. The van der Waals surface area contributed by atoms with Crippen molar-refractivity contribution in [3.05, 3.63) is 48.3 Å². The van der Waals surface area contributed by atoms with Gasteiger partial charge in [0.05, 0.1) is 6.20 Å². The van der Waals surface area contributed by atoms with Crippen LogP contribution in [0, 0.1) is 0 Å². The molecule has 0 saturated heterocycles. The monoisotopic (exact) mass is 239 g/mol. The van der Waals surface area contributed by atoms with Crippen LogP contribution in [-0.4, -0.2) is 10.1 Å². The van der Waals surface area contributed by atoms with Gasteiger partial charge in [-0.05, 0) is 11.6 Å². The third-order valence-corrected chi connectivity index (χ3v) is 2.26. The van der Waals surface area contributed by atoms with Gasteiger partial charge in [0.25, 0.3) is 0 Å². The van der Waals surface area contributed by atoms with Gasteiger partial charge < -0.3 is 5.11 Å². The molecule has 17 heavy (non-hydrogen) atoms. The lowest BCUT2D eigenvalue weighted by Crippen LogP contribution is -2.07. The summed E-state index contributed by atoms with van der Waals surface area (Å²) < 4.78 is 37.4. The fraction of sp³-hybridized carbons (Fsp3) is 0.0833. The molecule has 1 aromatic heterocycles. The van der Waals surface area contributed by atoms with Crippen molar-refractivity contribution >= 4 is 0 Å². The number of hydrogen-bond donors (Lipinski definition) is 1. The first-order valence-corrected chi connectivity index (χ1v) is 4.80. The molecule has 0 spiro atoms. The second kappa shape index (κ2) is 4.08. The summed E-state index contributed by atoms with van der Waals surface area (Å²) in [5.74, 6) is -0.274. The summed E-state index contributed by atoms with van der Waals surface area (Å²) in [6, 6.07) is 9.19. The Morgan fingerprint density at radius 3 is 2.29 bits per heavy atom. The third-order valence-electron chi connectivity index (χ3n) is 2.26. The summed E-state index contributed by atoms with van der Waals surface area (Å²) in [6.07, 6.45) is -3.71. The van der Waals surface area contributed by atoms with Gasteiger partial charge in [-0.1, -0.05) is 30.3 Å². The van der Waals surface area contributed by atoms with Crippen molar-refractivity contribution in [2.45, 2.75) is 6.18 Å². The fourth-order valence-corrected chi connectivity index (χ4v) is 1.45. The molecule has 1 heterocycles. The molecule has 0 radical (unpaired) electrons.